The highest BCUT2D eigenvalue weighted by atomic mass is 79.9. The maximum absolute atomic E-state index is 4.46. The molecule has 1 aliphatic heterocycles. The van der Waals surface area contributed by atoms with E-state index in [0.717, 1.165) is 25.2 Å². The quantitative estimate of drug-likeness (QED) is 0.807. The zero-order chi connectivity index (χ0) is 13.3. The summed E-state index contributed by atoms with van der Waals surface area (Å²) in [5, 5.41) is 0. The van der Waals surface area contributed by atoms with Crippen molar-refractivity contribution < 1.29 is 0 Å². The molecule has 1 saturated heterocycles. The van der Waals surface area contributed by atoms with Gasteiger partial charge in [-0.25, -0.2) is 0 Å². The van der Waals surface area contributed by atoms with Gasteiger partial charge >= 0.3 is 0 Å². The number of hydrogen-bond donors (Lipinski definition) is 0. The molecule has 1 aliphatic rings. The summed E-state index contributed by atoms with van der Waals surface area (Å²) < 4.78 is 1.18. The molecule has 1 aromatic rings. The van der Waals surface area contributed by atoms with Crippen molar-refractivity contribution in [1.29, 1.82) is 0 Å². The summed E-state index contributed by atoms with van der Waals surface area (Å²) in [4.78, 5) is 6.99. The van der Waals surface area contributed by atoms with Gasteiger partial charge in [-0.1, -0.05) is 20.8 Å². The predicted octanol–water partition coefficient (Wildman–Crippen LogP) is 4.34. The molecule has 18 heavy (non-hydrogen) atoms. The Morgan fingerprint density at radius 3 is 2.50 bits per heavy atom. The van der Waals surface area contributed by atoms with Crippen LogP contribution >= 0.6 is 15.9 Å². The Kier molecular flexibility index (Phi) is 4.00. The summed E-state index contributed by atoms with van der Waals surface area (Å²) >= 11 is 3.73. The van der Waals surface area contributed by atoms with Gasteiger partial charge in [-0.2, -0.15) is 0 Å². The van der Waals surface area contributed by atoms with Crippen LogP contribution in [0, 0.1) is 12.3 Å². The Bertz CT molecular complexity index is 430. The topological polar surface area (TPSA) is 16.1 Å². The van der Waals surface area contributed by atoms with Crippen molar-refractivity contribution >= 4 is 21.6 Å². The van der Waals surface area contributed by atoms with E-state index in [9.17, 15) is 0 Å². The molecular formula is C15H23BrN2. The highest BCUT2D eigenvalue weighted by Gasteiger charge is 2.27. The predicted molar refractivity (Wildman–Crippen MR) is 81.3 cm³/mol. The maximum Gasteiger partial charge on any atom is 0.0624 e. The third-order valence-electron chi connectivity index (χ3n) is 4.06. The van der Waals surface area contributed by atoms with Crippen molar-refractivity contribution in [2.45, 2.75) is 47.0 Å². The lowest BCUT2D eigenvalue weighted by Crippen LogP contribution is -2.38. The maximum atomic E-state index is 4.46. The molecule has 1 aromatic heterocycles. The number of halogens is 1. The fourth-order valence-electron chi connectivity index (χ4n) is 2.54. The molecule has 0 unspecified atom stereocenters. The van der Waals surface area contributed by atoms with Crippen molar-refractivity contribution in [3.8, 4) is 0 Å². The van der Waals surface area contributed by atoms with Crippen LogP contribution in [0.15, 0.2) is 10.7 Å². The molecule has 2 heterocycles. The van der Waals surface area contributed by atoms with Crippen LogP contribution in [-0.2, 0) is 6.42 Å². The van der Waals surface area contributed by atoms with Gasteiger partial charge in [0.05, 0.1) is 15.9 Å². The Hall–Kier alpha value is -0.570. The Labute approximate surface area is 119 Å². The summed E-state index contributed by atoms with van der Waals surface area (Å²) in [5.41, 5.74) is 4.32. The highest BCUT2D eigenvalue weighted by molar-refractivity contribution is 9.10. The minimum atomic E-state index is 0.497. The van der Waals surface area contributed by atoms with E-state index in [1.807, 2.05) is 6.20 Å². The van der Waals surface area contributed by atoms with Crippen LogP contribution in [0.2, 0.25) is 0 Å². The summed E-state index contributed by atoms with van der Waals surface area (Å²) in [6, 6.07) is 0. The summed E-state index contributed by atoms with van der Waals surface area (Å²) in [6.45, 7) is 11.3. The van der Waals surface area contributed by atoms with E-state index in [2.05, 4.69) is 53.5 Å². The molecule has 1 fully saturated rings. The number of piperidine rings is 1. The molecule has 2 rings (SSSR count). The van der Waals surface area contributed by atoms with Crippen LogP contribution in [0.1, 0.15) is 44.9 Å². The molecular weight excluding hydrogens is 288 g/mol. The van der Waals surface area contributed by atoms with Crippen molar-refractivity contribution in [2.75, 3.05) is 18.0 Å². The average Bonchev–Trinajstić information content (AvgIpc) is 2.33. The van der Waals surface area contributed by atoms with Gasteiger partial charge in [-0.15, -0.1) is 0 Å². The molecule has 0 bridgehead atoms. The molecule has 0 atom stereocenters. The minimum absolute atomic E-state index is 0.497. The summed E-state index contributed by atoms with van der Waals surface area (Å²) in [5.74, 6) is 0. The lowest BCUT2D eigenvalue weighted by atomic mass is 9.82. The zero-order valence-electron chi connectivity index (χ0n) is 11.9. The van der Waals surface area contributed by atoms with E-state index < -0.39 is 0 Å². The van der Waals surface area contributed by atoms with Gasteiger partial charge in [-0.3, -0.25) is 4.98 Å². The van der Waals surface area contributed by atoms with Gasteiger partial charge in [-0.05, 0) is 53.1 Å². The Balaban J connectivity index is 2.31. The zero-order valence-corrected chi connectivity index (χ0v) is 13.5. The molecule has 2 nitrogen and oxygen atoms in total. The number of hydrogen-bond acceptors (Lipinski definition) is 2. The number of rotatable bonds is 2. The van der Waals surface area contributed by atoms with Crippen LogP contribution in [0.3, 0.4) is 0 Å². The van der Waals surface area contributed by atoms with Gasteiger partial charge in [0.25, 0.3) is 0 Å². The molecule has 0 aromatic carbocycles. The number of aryl methyl sites for hydroxylation is 2. The van der Waals surface area contributed by atoms with E-state index in [-0.39, 0.29) is 0 Å². The SMILES string of the molecule is CCc1cnc(C)c(Br)c1N1CCC(C)(C)CC1. The van der Waals surface area contributed by atoms with E-state index >= 15 is 0 Å². The summed E-state index contributed by atoms with van der Waals surface area (Å²) in [7, 11) is 0. The molecule has 0 aliphatic carbocycles. The van der Waals surface area contributed by atoms with Gasteiger partial charge < -0.3 is 4.90 Å². The lowest BCUT2D eigenvalue weighted by Gasteiger charge is -2.39. The fourth-order valence-corrected chi connectivity index (χ4v) is 3.15. The van der Waals surface area contributed by atoms with E-state index in [0.29, 0.717) is 5.41 Å². The number of pyridine rings is 1. The van der Waals surface area contributed by atoms with Crippen molar-refractivity contribution in [3.63, 3.8) is 0 Å². The third kappa shape index (κ3) is 2.71. The van der Waals surface area contributed by atoms with Crippen LogP contribution in [0.5, 0.6) is 0 Å². The van der Waals surface area contributed by atoms with Gasteiger partial charge in [0.15, 0.2) is 0 Å². The summed E-state index contributed by atoms with van der Waals surface area (Å²) in [6.07, 6.45) is 5.62. The second-order valence-electron chi connectivity index (χ2n) is 6.04. The second kappa shape index (κ2) is 5.20. The van der Waals surface area contributed by atoms with Crippen molar-refractivity contribution in [2.24, 2.45) is 5.41 Å². The van der Waals surface area contributed by atoms with Crippen molar-refractivity contribution in [1.82, 2.24) is 4.98 Å². The van der Waals surface area contributed by atoms with Gasteiger partial charge in [0, 0.05) is 19.3 Å². The normalized spacial score (nSPS) is 19.1. The number of nitrogens with zero attached hydrogens (tertiary/aromatic N) is 2. The first-order valence-electron chi connectivity index (χ1n) is 6.83. The molecule has 0 saturated carbocycles. The monoisotopic (exact) mass is 310 g/mol. The van der Waals surface area contributed by atoms with E-state index in [4.69, 9.17) is 0 Å². The lowest BCUT2D eigenvalue weighted by molar-refractivity contribution is 0.279. The highest BCUT2D eigenvalue weighted by Crippen LogP contribution is 2.37. The molecule has 0 spiro atoms. The number of anilines is 1. The van der Waals surface area contributed by atoms with Gasteiger partial charge in [0.2, 0.25) is 0 Å². The Morgan fingerprint density at radius 2 is 1.94 bits per heavy atom. The van der Waals surface area contributed by atoms with E-state index in [1.165, 1.54) is 28.6 Å². The average molecular weight is 311 g/mol. The molecule has 0 N–H and O–H groups in total. The first-order chi connectivity index (χ1) is 8.44. The molecule has 0 amide bonds. The third-order valence-corrected chi connectivity index (χ3v) is 5.01. The second-order valence-corrected chi connectivity index (χ2v) is 6.83. The van der Waals surface area contributed by atoms with Gasteiger partial charge in [0.1, 0.15) is 0 Å². The van der Waals surface area contributed by atoms with E-state index in [1.54, 1.807) is 0 Å². The standard InChI is InChI=1S/C15H23BrN2/c1-5-12-10-17-11(2)13(16)14(12)18-8-6-15(3,4)7-9-18/h10H,5-9H2,1-4H3. The Morgan fingerprint density at radius 1 is 1.33 bits per heavy atom. The minimum Gasteiger partial charge on any atom is -0.370 e. The fraction of sp³-hybridized carbons (Fsp3) is 0.667. The molecule has 3 heteroatoms. The smallest absolute Gasteiger partial charge is 0.0624 e. The van der Waals surface area contributed by atoms with Crippen LogP contribution < -0.4 is 4.90 Å². The molecule has 100 valence electrons. The van der Waals surface area contributed by atoms with Crippen molar-refractivity contribution in [3.05, 3.63) is 21.9 Å². The first kappa shape index (κ1) is 13.9. The largest absolute Gasteiger partial charge is 0.370 e. The number of aromatic nitrogens is 1. The van der Waals surface area contributed by atoms with Crippen LogP contribution in [0.4, 0.5) is 5.69 Å². The first-order valence-corrected chi connectivity index (χ1v) is 7.63. The van der Waals surface area contributed by atoms with Crippen LogP contribution in [-0.4, -0.2) is 18.1 Å². The molecule has 0 radical (unpaired) electrons. The van der Waals surface area contributed by atoms with Crippen LogP contribution in [0.25, 0.3) is 0 Å².